The Morgan fingerprint density at radius 1 is 1.22 bits per heavy atom. The Bertz CT molecular complexity index is 1370. The number of thioether (sulfide) groups is 1. The SMILES string of the molecule is C#Cc1ccc2[nH]c(S(=O)(=O)N3CCN(C(=O)C4Nc5cc[n+](C)cc5S4)CC3)cc2c1. The van der Waals surface area contributed by atoms with Crippen molar-refractivity contribution < 1.29 is 17.8 Å². The van der Waals surface area contributed by atoms with Crippen LogP contribution in [0.25, 0.3) is 10.9 Å². The van der Waals surface area contributed by atoms with Gasteiger partial charge in [-0.2, -0.15) is 4.31 Å². The minimum atomic E-state index is -3.70. The van der Waals surface area contributed by atoms with Crippen LogP contribution < -0.4 is 9.88 Å². The normalized spacial score (nSPS) is 18.9. The van der Waals surface area contributed by atoms with Gasteiger partial charge in [-0.1, -0.05) is 17.7 Å². The van der Waals surface area contributed by atoms with E-state index in [2.05, 4.69) is 16.2 Å². The van der Waals surface area contributed by atoms with Crippen molar-refractivity contribution in [2.75, 3.05) is 31.5 Å². The van der Waals surface area contributed by atoms with Crippen molar-refractivity contribution in [2.45, 2.75) is 15.3 Å². The molecule has 4 heterocycles. The number of piperazine rings is 1. The average Bonchev–Trinajstić information content (AvgIpc) is 3.42. The highest BCUT2D eigenvalue weighted by Gasteiger charge is 2.36. The van der Waals surface area contributed by atoms with Crippen molar-refractivity contribution in [2.24, 2.45) is 7.05 Å². The highest BCUT2D eigenvalue weighted by Crippen LogP contribution is 2.38. The lowest BCUT2D eigenvalue weighted by atomic mass is 10.2. The summed E-state index contributed by atoms with van der Waals surface area (Å²) in [6, 6.07) is 8.90. The van der Waals surface area contributed by atoms with Crippen LogP contribution in [0.5, 0.6) is 0 Å². The first kappa shape index (κ1) is 20.9. The van der Waals surface area contributed by atoms with E-state index in [-0.39, 0.29) is 24.0 Å². The first-order valence-corrected chi connectivity index (χ1v) is 12.5. The molecule has 0 radical (unpaired) electrons. The van der Waals surface area contributed by atoms with E-state index in [1.165, 1.54) is 16.1 Å². The molecule has 0 bridgehead atoms. The molecule has 1 fully saturated rings. The van der Waals surface area contributed by atoms with E-state index in [1.807, 2.05) is 30.1 Å². The summed E-state index contributed by atoms with van der Waals surface area (Å²) in [6.45, 7) is 1.20. The van der Waals surface area contributed by atoms with Crippen LogP contribution in [-0.4, -0.2) is 60.1 Å². The van der Waals surface area contributed by atoms with Crippen LogP contribution in [0.3, 0.4) is 0 Å². The van der Waals surface area contributed by atoms with Gasteiger partial charge in [0.05, 0.1) is 10.6 Å². The Kier molecular flexibility index (Phi) is 5.12. The summed E-state index contributed by atoms with van der Waals surface area (Å²) < 4.78 is 29.7. The Hall–Kier alpha value is -3.00. The number of nitrogens with one attached hydrogen (secondary N) is 2. The second-order valence-electron chi connectivity index (χ2n) is 7.84. The maximum absolute atomic E-state index is 13.2. The van der Waals surface area contributed by atoms with E-state index in [0.29, 0.717) is 24.2 Å². The number of fused-ring (bicyclic) bond motifs is 2. The zero-order chi connectivity index (χ0) is 22.5. The molecule has 10 heteroatoms. The monoisotopic (exact) mass is 468 g/mol. The number of aromatic amines is 1. The van der Waals surface area contributed by atoms with Crippen LogP contribution in [0, 0.1) is 12.3 Å². The van der Waals surface area contributed by atoms with Crippen molar-refractivity contribution in [3.8, 4) is 12.3 Å². The summed E-state index contributed by atoms with van der Waals surface area (Å²) in [6.07, 6.45) is 9.35. The number of H-pyrrole nitrogens is 1. The molecule has 5 rings (SSSR count). The third kappa shape index (κ3) is 3.62. The third-order valence-corrected chi connectivity index (χ3v) is 8.70. The summed E-state index contributed by atoms with van der Waals surface area (Å²) in [5, 5.41) is 3.76. The Labute approximate surface area is 190 Å². The van der Waals surface area contributed by atoms with Crippen molar-refractivity contribution in [3.05, 3.63) is 48.3 Å². The zero-order valence-corrected chi connectivity index (χ0v) is 19.0. The lowest BCUT2D eigenvalue weighted by Crippen LogP contribution is -2.53. The minimum absolute atomic E-state index is 0.0293. The molecule has 0 aliphatic carbocycles. The van der Waals surface area contributed by atoms with Crippen LogP contribution in [0.4, 0.5) is 5.69 Å². The number of benzene rings is 1. The Morgan fingerprint density at radius 3 is 2.75 bits per heavy atom. The molecule has 0 spiro atoms. The predicted octanol–water partition coefficient (Wildman–Crippen LogP) is 1.35. The number of pyridine rings is 1. The van der Waals surface area contributed by atoms with E-state index >= 15 is 0 Å². The standard InChI is InChI=1S/C22H21N5O3S2/c1-3-15-4-5-17-16(12-15)13-20(23-17)32(29,30)27-10-8-26(9-11-27)22(28)21-24-18-6-7-25(2)14-19(18)31-21/h1,4-7,12-14,21,23H,8-11H2,2H3/p+1. The highest BCUT2D eigenvalue weighted by atomic mass is 32.2. The molecular weight excluding hydrogens is 446 g/mol. The molecule has 3 aromatic rings. The Morgan fingerprint density at radius 2 is 2.00 bits per heavy atom. The number of hydrogen-bond acceptors (Lipinski definition) is 5. The summed E-state index contributed by atoms with van der Waals surface area (Å²) in [7, 11) is -1.75. The minimum Gasteiger partial charge on any atom is -0.364 e. The van der Waals surface area contributed by atoms with E-state index in [1.54, 1.807) is 29.2 Å². The fourth-order valence-electron chi connectivity index (χ4n) is 3.98. The van der Waals surface area contributed by atoms with Gasteiger partial charge >= 0.3 is 0 Å². The maximum atomic E-state index is 13.2. The number of anilines is 1. The molecule has 1 atom stereocenters. The van der Waals surface area contributed by atoms with Crippen molar-refractivity contribution in [3.63, 3.8) is 0 Å². The van der Waals surface area contributed by atoms with Crippen molar-refractivity contribution >= 4 is 44.3 Å². The van der Waals surface area contributed by atoms with Gasteiger partial charge in [0.1, 0.15) is 12.1 Å². The fourth-order valence-corrected chi connectivity index (χ4v) is 6.59. The highest BCUT2D eigenvalue weighted by molar-refractivity contribution is 8.01. The van der Waals surface area contributed by atoms with Crippen LogP contribution >= 0.6 is 11.8 Å². The molecule has 0 saturated carbocycles. The van der Waals surface area contributed by atoms with E-state index < -0.39 is 15.4 Å². The van der Waals surface area contributed by atoms with Crippen LogP contribution in [-0.2, 0) is 21.9 Å². The van der Waals surface area contributed by atoms with Gasteiger partial charge in [-0.05, 0) is 24.3 Å². The fraction of sp³-hybridized carbons (Fsp3) is 0.273. The maximum Gasteiger partial charge on any atom is 0.258 e. The first-order chi connectivity index (χ1) is 15.3. The summed E-state index contributed by atoms with van der Waals surface area (Å²) in [4.78, 5) is 18.7. The molecule has 164 valence electrons. The zero-order valence-electron chi connectivity index (χ0n) is 17.4. The number of carbonyl (C=O) groups excluding carboxylic acids is 1. The lowest BCUT2D eigenvalue weighted by Gasteiger charge is -2.34. The molecule has 2 N–H and O–H groups in total. The van der Waals surface area contributed by atoms with Gasteiger partial charge in [0.15, 0.2) is 17.8 Å². The molecule has 2 aliphatic heterocycles. The molecule has 32 heavy (non-hydrogen) atoms. The number of sulfonamides is 1. The molecule has 8 nitrogen and oxygen atoms in total. The van der Waals surface area contributed by atoms with Crippen LogP contribution in [0.15, 0.2) is 52.6 Å². The number of amides is 1. The molecule has 1 unspecified atom stereocenters. The van der Waals surface area contributed by atoms with Crippen LogP contribution in [0.2, 0.25) is 0 Å². The van der Waals surface area contributed by atoms with Crippen molar-refractivity contribution in [1.29, 1.82) is 0 Å². The number of carbonyl (C=O) groups is 1. The first-order valence-electron chi connectivity index (χ1n) is 10.2. The quantitative estimate of drug-likeness (QED) is 0.448. The average molecular weight is 469 g/mol. The van der Waals surface area contributed by atoms with Gasteiger partial charge in [-0.25, -0.2) is 13.0 Å². The second kappa shape index (κ2) is 7.85. The third-order valence-electron chi connectivity index (χ3n) is 5.75. The van der Waals surface area contributed by atoms with Gasteiger partial charge in [-0.15, -0.1) is 6.42 Å². The summed E-state index contributed by atoms with van der Waals surface area (Å²) in [5.74, 6) is 2.53. The molecule has 2 aliphatic rings. The van der Waals surface area contributed by atoms with Gasteiger partial charge in [0.2, 0.25) is 0 Å². The number of nitrogens with zero attached hydrogens (tertiary/aromatic N) is 3. The van der Waals surface area contributed by atoms with Gasteiger partial charge in [-0.3, -0.25) is 4.79 Å². The molecule has 2 aromatic heterocycles. The number of rotatable bonds is 3. The molecule has 1 amide bonds. The van der Waals surface area contributed by atoms with Crippen LogP contribution in [0.1, 0.15) is 5.56 Å². The van der Waals surface area contributed by atoms with E-state index in [9.17, 15) is 13.2 Å². The Balaban J connectivity index is 1.26. The van der Waals surface area contributed by atoms with E-state index in [4.69, 9.17) is 6.42 Å². The molecule has 1 saturated heterocycles. The van der Waals surface area contributed by atoms with E-state index in [0.717, 1.165) is 16.0 Å². The molecular formula is C22H22N5O3S2+. The number of terminal acetylenes is 1. The number of aromatic nitrogens is 2. The summed E-state index contributed by atoms with van der Waals surface area (Å²) >= 11 is 1.49. The van der Waals surface area contributed by atoms with Crippen molar-refractivity contribution in [1.82, 2.24) is 14.2 Å². The summed E-state index contributed by atoms with van der Waals surface area (Å²) in [5.41, 5.74) is 2.36. The lowest BCUT2D eigenvalue weighted by molar-refractivity contribution is -0.673. The second-order valence-corrected chi connectivity index (χ2v) is 10.9. The molecule has 1 aromatic carbocycles. The number of aryl methyl sites for hydroxylation is 1. The predicted molar refractivity (Wildman–Crippen MR) is 122 cm³/mol. The van der Waals surface area contributed by atoms with Gasteiger partial charge in [0, 0.05) is 48.7 Å². The van der Waals surface area contributed by atoms with Gasteiger partial charge < -0.3 is 15.2 Å². The number of hydrogen-bond donors (Lipinski definition) is 2. The largest absolute Gasteiger partial charge is 0.364 e. The smallest absolute Gasteiger partial charge is 0.258 e. The van der Waals surface area contributed by atoms with Gasteiger partial charge in [0.25, 0.3) is 15.9 Å². The topological polar surface area (TPSA) is 89.4 Å².